The number of benzene rings is 1. The topological polar surface area (TPSA) is 36.3 Å². The second-order valence-corrected chi connectivity index (χ2v) is 8.00. The van der Waals surface area contributed by atoms with Crippen LogP contribution in [-0.2, 0) is 20.1 Å². The lowest BCUT2D eigenvalue weighted by Gasteiger charge is -2.25. The fourth-order valence-corrected chi connectivity index (χ4v) is 4.03. The van der Waals surface area contributed by atoms with Gasteiger partial charge >= 0.3 is 0 Å². The summed E-state index contributed by atoms with van der Waals surface area (Å²) in [5, 5.41) is 10.0. The molecule has 1 N–H and O–H groups in total. The van der Waals surface area contributed by atoms with Gasteiger partial charge in [0.2, 0.25) is 0 Å². The molecule has 0 bridgehead atoms. The quantitative estimate of drug-likeness (QED) is 0.756. The Morgan fingerprint density at radius 2 is 1.96 bits per heavy atom. The van der Waals surface area contributed by atoms with E-state index in [4.69, 9.17) is 35.4 Å². The molecule has 3 rings (SSSR count). The molecule has 5 nitrogen and oxygen atoms in total. The van der Waals surface area contributed by atoms with Gasteiger partial charge < -0.3 is 10.2 Å². The van der Waals surface area contributed by atoms with Crippen LogP contribution in [0, 0.1) is 6.92 Å². The Morgan fingerprint density at radius 1 is 1.19 bits per heavy atom. The maximum atomic E-state index is 6.39. The van der Waals surface area contributed by atoms with Gasteiger partial charge in [0.1, 0.15) is 5.15 Å². The van der Waals surface area contributed by atoms with E-state index in [0.29, 0.717) is 6.54 Å². The van der Waals surface area contributed by atoms with Crippen molar-refractivity contribution in [3.63, 3.8) is 0 Å². The van der Waals surface area contributed by atoms with Crippen molar-refractivity contribution in [2.24, 2.45) is 7.05 Å². The first-order valence-electron chi connectivity index (χ1n) is 9.12. The van der Waals surface area contributed by atoms with E-state index in [1.807, 2.05) is 38.2 Å². The minimum atomic E-state index is 0.642. The Kier molecular flexibility index (Phi) is 6.98. The van der Waals surface area contributed by atoms with Gasteiger partial charge in [-0.15, -0.1) is 0 Å². The van der Waals surface area contributed by atoms with Gasteiger partial charge in [-0.2, -0.15) is 5.10 Å². The summed E-state index contributed by atoms with van der Waals surface area (Å²) in [6.07, 6.45) is 1.06. The minimum absolute atomic E-state index is 0.642. The number of nitrogens with one attached hydrogen (secondary N) is 1. The lowest BCUT2D eigenvalue weighted by molar-refractivity contribution is 0.277. The second-order valence-electron chi connectivity index (χ2n) is 6.85. The lowest BCUT2D eigenvalue weighted by atomic mass is 10.2. The van der Waals surface area contributed by atoms with Crippen LogP contribution in [0.1, 0.15) is 23.2 Å². The number of nitrogens with zero attached hydrogens (tertiary/aromatic N) is 4. The zero-order chi connectivity index (χ0) is 19.4. The van der Waals surface area contributed by atoms with Gasteiger partial charge in [-0.05, 0) is 37.2 Å². The third kappa shape index (κ3) is 5.13. The molecule has 1 aromatic carbocycles. The van der Waals surface area contributed by atoms with Crippen LogP contribution in [0.5, 0.6) is 0 Å². The molecule has 0 unspecified atom stereocenters. The van der Waals surface area contributed by atoms with E-state index >= 15 is 0 Å². The molecule has 1 saturated heterocycles. The van der Waals surface area contributed by atoms with Gasteiger partial charge in [0, 0.05) is 56.9 Å². The molecule has 27 heavy (non-hydrogen) atoms. The maximum absolute atomic E-state index is 6.39. The largest absolute Gasteiger partial charge is 0.358 e. The summed E-state index contributed by atoms with van der Waals surface area (Å²) in [4.78, 5) is 4.66. The van der Waals surface area contributed by atoms with Crippen molar-refractivity contribution in [1.82, 2.24) is 24.9 Å². The van der Waals surface area contributed by atoms with Crippen molar-refractivity contribution < 1.29 is 0 Å². The van der Waals surface area contributed by atoms with Crippen LogP contribution in [-0.4, -0.2) is 50.9 Å². The Morgan fingerprint density at radius 3 is 2.67 bits per heavy atom. The van der Waals surface area contributed by atoms with Crippen molar-refractivity contribution >= 4 is 40.5 Å². The van der Waals surface area contributed by atoms with Gasteiger partial charge in [-0.25, -0.2) is 0 Å². The lowest BCUT2D eigenvalue weighted by Crippen LogP contribution is -2.41. The zero-order valence-electron chi connectivity index (χ0n) is 15.7. The Hall–Kier alpha value is -1.34. The SMILES string of the molecule is Cc1nn(C)c(Cl)c1CN1CCCN(C(=S)NCc2ccccc2Cl)CC1. The van der Waals surface area contributed by atoms with Crippen LogP contribution >= 0.6 is 35.4 Å². The summed E-state index contributed by atoms with van der Waals surface area (Å²) in [6, 6.07) is 7.84. The van der Waals surface area contributed by atoms with Gasteiger partial charge in [-0.3, -0.25) is 9.58 Å². The minimum Gasteiger partial charge on any atom is -0.358 e. The standard InChI is InChI=1S/C19H25Cl2N5S/c1-14-16(18(21)24(2)23-14)13-25-8-5-9-26(11-10-25)19(27)22-12-15-6-3-4-7-17(15)20/h3-4,6-7H,5,8-13H2,1-2H3,(H,22,27). The van der Waals surface area contributed by atoms with Gasteiger partial charge in [0.05, 0.1) is 5.69 Å². The predicted octanol–water partition coefficient (Wildman–Crippen LogP) is 3.62. The highest BCUT2D eigenvalue weighted by atomic mass is 35.5. The van der Waals surface area contributed by atoms with Crippen molar-refractivity contribution in [1.29, 1.82) is 0 Å². The molecule has 1 fully saturated rings. The number of aromatic nitrogens is 2. The number of aryl methyl sites for hydroxylation is 2. The molecule has 2 aromatic rings. The summed E-state index contributed by atoms with van der Waals surface area (Å²) >= 11 is 18.2. The van der Waals surface area contributed by atoms with Crippen LogP contribution in [0.15, 0.2) is 24.3 Å². The molecule has 1 aliphatic heterocycles. The third-order valence-corrected chi connectivity index (χ3v) is 6.16. The average molecular weight is 426 g/mol. The van der Waals surface area contributed by atoms with Gasteiger partial charge in [-0.1, -0.05) is 41.4 Å². The summed E-state index contributed by atoms with van der Waals surface area (Å²) in [5.41, 5.74) is 3.17. The van der Waals surface area contributed by atoms with E-state index in [-0.39, 0.29) is 0 Å². The monoisotopic (exact) mass is 425 g/mol. The van der Waals surface area contributed by atoms with E-state index in [1.54, 1.807) is 4.68 Å². The number of halogens is 2. The zero-order valence-corrected chi connectivity index (χ0v) is 18.0. The van der Waals surface area contributed by atoms with Crippen molar-refractivity contribution in [3.8, 4) is 0 Å². The van der Waals surface area contributed by atoms with Crippen LogP contribution < -0.4 is 5.32 Å². The van der Waals surface area contributed by atoms with E-state index in [9.17, 15) is 0 Å². The maximum Gasteiger partial charge on any atom is 0.169 e. The van der Waals surface area contributed by atoms with Crippen molar-refractivity contribution in [2.75, 3.05) is 26.2 Å². The van der Waals surface area contributed by atoms with Crippen molar-refractivity contribution in [3.05, 3.63) is 51.3 Å². The van der Waals surface area contributed by atoms with Crippen LogP contribution in [0.2, 0.25) is 10.2 Å². The number of hydrogen-bond acceptors (Lipinski definition) is 3. The highest BCUT2D eigenvalue weighted by molar-refractivity contribution is 7.80. The fourth-order valence-electron chi connectivity index (χ4n) is 3.33. The Bertz CT molecular complexity index is 807. The molecule has 0 radical (unpaired) electrons. The van der Waals surface area contributed by atoms with Gasteiger partial charge in [0.25, 0.3) is 0 Å². The highest BCUT2D eigenvalue weighted by Gasteiger charge is 2.20. The average Bonchev–Trinajstić information content (AvgIpc) is 2.83. The van der Waals surface area contributed by atoms with Gasteiger partial charge in [0.15, 0.2) is 5.11 Å². The molecule has 8 heteroatoms. The van der Waals surface area contributed by atoms with E-state index < -0.39 is 0 Å². The third-order valence-electron chi connectivity index (χ3n) is 4.92. The number of thiocarbonyl (C=S) groups is 1. The predicted molar refractivity (Wildman–Crippen MR) is 115 cm³/mol. The molecule has 0 aliphatic carbocycles. The highest BCUT2D eigenvalue weighted by Crippen LogP contribution is 2.21. The normalized spacial score (nSPS) is 15.6. The first-order chi connectivity index (χ1) is 13.0. The smallest absolute Gasteiger partial charge is 0.169 e. The molecule has 0 atom stereocenters. The fraction of sp³-hybridized carbons (Fsp3) is 0.474. The molecule has 146 valence electrons. The van der Waals surface area contributed by atoms with E-state index in [0.717, 1.165) is 71.3 Å². The Labute approximate surface area is 176 Å². The molecule has 0 amide bonds. The molecular formula is C19H25Cl2N5S. The molecule has 2 heterocycles. The van der Waals surface area contributed by atoms with Crippen LogP contribution in [0.3, 0.4) is 0 Å². The van der Waals surface area contributed by atoms with Crippen LogP contribution in [0.4, 0.5) is 0 Å². The molecule has 0 spiro atoms. The summed E-state index contributed by atoms with van der Waals surface area (Å²) in [5.74, 6) is 0. The summed E-state index contributed by atoms with van der Waals surface area (Å²) < 4.78 is 1.74. The Balaban J connectivity index is 1.53. The van der Waals surface area contributed by atoms with E-state index in [1.165, 1.54) is 0 Å². The molecule has 1 aromatic heterocycles. The van der Waals surface area contributed by atoms with Crippen molar-refractivity contribution in [2.45, 2.75) is 26.4 Å². The van der Waals surface area contributed by atoms with Crippen LogP contribution in [0.25, 0.3) is 0 Å². The first kappa shape index (κ1) is 20.4. The summed E-state index contributed by atoms with van der Waals surface area (Å²) in [7, 11) is 1.88. The number of hydrogen-bond donors (Lipinski definition) is 1. The van der Waals surface area contributed by atoms with E-state index in [2.05, 4.69) is 20.2 Å². The molecule has 0 saturated carbocycles. The summed E-state index contributed by atoms with van der Waals surface area (Å²) in [6.45, 7) is 7.29. The first-order valence-corrected chi connectivity index (χ1v) is 10.3. The molecular weight excluding hydrogens is 401 g/mol. The second kappa shape index (κ2) is 9.24. The number of rotatable bonds is 4. The molecule has 1 aliphatic rings.